The lowest BCUT2D eigenvalue weighted by molar-refractivity contribution is -0.141. The topological polar surface area (TPSA) is 40.6 Å². The summed E-state index contributed by atoms with van der Waals surface area (Å²) in [7, 11) is 0. The molecule has 1 atom stereocenters. The second-order valence-electron chi connectivity index (χ2n) is 7.55. The molecule has 0 radical (unpaired) electrons. The first-order valence-corrected chi connectivity index (χ1v) is 11.1. The Labute approximate surface area is 179 Å². The van der Waals surface area contributed by atoms with Crippen LogP contribution in [0, 0.1) is 5.92 Å². The Morgan fingerprint density at radius 1 is 1.21 bits per heavy atom. The number of thiophene rings is 1. The summed E-state index contributed by atoms with van der Waals surface area (Å²) < 4.78 is 0. The molecule has 2 aliphatic rings. The molecular formula is C21H22Cl2N2O2S. The van der Waals surface area contributed by atoms with Crippen LogP contribution in [0.2, 0.25) is 10.0 Å². The fourth-order valence-corrected chi connectivity index (χ4v) is 5.23. The lowest BCUT2D eigenvalue weighted by atomic mass is 9.93. The summed E-state index contributed by atoms with van der Waals surface area (Å²) in [4.78, 5) is 30.2. The Balaban J connectivity index is 1.64. The van der Waals surface area contributed by atoms with Crippen LogP contribution in [0.25, 0.3) is 0 Å². The van der Waals surface area contributed by atoms with E-state index in [0.717, 1.165) is 30.4 Å². The van der Waals surface area contributed by atoms with E-state index in [9.17, 15) is 9.59 Å². The van der Waals surface area contributed by atoms with Crippen LogP contribution in [0.4, 0.5) is 0 Å². The predicted molar refractivity (Wildman–Crippen MR) is 113 cm³/mol. The molecule has 0 spiro atoms. The van der Waals surface area contributed by atoms with Crippen molar-refractivity contribution in [2.45, 2.75) is 32.2 Å². The summed E-state index contributed by atoms with van der Waals surface area (Å²) in [6.45, 7) is 2.94. The number of benzene rings is 1. The largest absolute Gasteiger partial charge is 0.333 e. The van der Waals surface area contributed by atoms with Crippen molar-refractivity contribution in [3.8, 4) is 0 Å². The number of hydrogen-bond donors (Lipinski definition) is 0. The van der Waals surface area contributed by atoms with Gasteiger partial charge in [0.2, 0.25) is 11.8 Å². The third kappa shape index (κ3) is 4.07. The van der Waals surface area contributed by atoms with Gasteiger partial charge in [-0.05, 0) is 59.9 Å². The van der Waals surface area contributed by atoms with E-state index < -0.39 is 0 Å². The van der Waals surface area contributed by atoms with Crippen LogP contribution in [-0.4, -0.2) is 41.2 Å². The number of amides is 2. The van der Waals surface area contributed by atoms with Gasteiger partial charge in [-0.25, -0.2) is 0 Å². The van der Waals surface area contributed by atoms with Gasteiger partial charge in [-0.3, -0.25) is 9.59 Å². The molecule has 0 saturated heterocycles. The lowest BCUT2D eigenvalue weighted by Crippen LogP contribution is -2.46. The highest BCUT2D eigenvalue weighted by Gasteiger charge is 2.35. The van der Waals surface area contributed by atoms with Crippen molar-refractivity contribution in [3.05, 3.63) is 55.7 Å². The molecule has 0 bridgehead atoms. The highest BCUT2D eigenvalue weighted by molar-refractivity contribution is 7.10. The van der Waals surface area contributed by atoms with Gasteiger partial charge >= 0.3 is 0 Å². The average molecular weight is 437 g/mol. The van der Waals surface area contributed by atoms with E-state index in [2.05, 4.69) is 11.4 Å². The summed E-state index contributed by atoms with van der Waals surface area (Å²) in [5, 5.41) is 3.18. The van der Waals surface area contributed by atoms with Crippen molar-refractivity contribution in [1.82, 2.24) is 9.80 Å². The lowest BCUT2D eigenvalue weighted by Gasteiger charge is -2.38. The fourth-order valence-electron chi connectivity index (χ4n) is 3.81. The van der Waals surface area contributed by atoms with Crippen LogP contribution in [0.3, 0.4) is 0 Å². The van der Waals surface area contributed by atoms with E-state index in [4.69, 9.17) is 23.2 Å². The molecule has 2 heterocycles. The second kappa shape index (κ2) is 8.05. The Morgan fingerprint density at radius 2 is 2.00 bits per heavy atom. The van der Waals surface area contributed by atoms with E-state index in [1.807, 2.05) is 11.0 Å². The minimum absolute atomic E-state index is 0.0382. The third-order valence-electron chi connectivity index (χ3n) is 5.49. The van der Waals surface area contributed by atoms with E-state index >= 15 is 0 Å². The fraction of sp³-hybridized carbons (Fsp3) is 0.429. The molecule has 1 saturated carbocycles. The van der Waals surface area contributed by atoms with Crippen molar-refractivity contribution in [3.63, 3.8) is 0 Å². The van der Waals surface area contributed by atoms with Gasteiger partial charge in [-0.2, -0.15) is 0 Å². The molecular weight excluding hydrogens is 415 g/mol. The summed E-state index contributed by atoms with van der Waals surface area (Å²) in [5.41, 5.74) is 1.99. The summed E-state index contributed by atoms with van der Waals surface area (Å²) in [6, 6.07) is 7.25. The molecule has 2 amide bonds. The molecule has 28 heavy (non-hydrogen) atoms. The monoisotopic (exact) mass is 436 g/mol. The first-order valence-electron chi connectivity index (χ1n) is 9.50. The first-order chi connectivity index (χ1) is 13.4. The maximum atomic E-state index is 13.3. The minimum atomic E-state index is -0.248. The predicted octanol–water partition coefficient (Wildman–Crippen LogP) is 4.79. The molecule has 1 unspecified atom stereocenters. The van der Waals surface area contributed by atoms with Crippen molar-refractivity contribution < 1.29 is 9.59 Å². The quantitative estimate of drug-likeness (QED) is 0.675. The smallest absolute Gasteiger partial charge is 0.242 e. The molecule has 0 N–H and O–H groups in total. The minimum Gasteiger partial charge on any atom is -0.333 e. The molecule has 2 aromatic rings. The van der Waals surface area contributed by atoms with E-state index in [-0.39, 0.29) is 24.4 Å². The number of carbonyl (C=O) groups is 2. The highest BCUT2D eigenvalue weighted by atomic mass is 35.5. The van der Waals surface area contributed by atoms with Crippen LogP contribution >= 0.6 is 34.5 Å². The number of halogens is 2. The Bertz CT molecular complexity index is 910. The van der Waals surface area contributed by atoms with E-state index in [1.54, 1.807) is 28.4 Å². The summed E-state index contributed by atoms with van der Waals surface area (Å²) in [6.07, 6.45) is 3.11. The van der Waals surface area contributed by atoms with Crippen molar-refractivity contribution in [2.24, 2.45) is 5.92 Å². The van der Waals surface area contributed by atoms with Gasteiger partial charge in [-0.1, -0.05) is 29.3 Å². The van der Waals surface area contributed by atoms with Gasteiger partial charge < -0.3 is 9.80 Å². The molecule has 1 aromatic heterocycles. The maximum absolute atomic E-state index is 13.3. The van der Waals surface area contributed by atoms with Crippen molar-refractivity contribution in [1.29, 1.82) is 0 Å². The SMILES string of the molecule is CC(=O)N(CC(=O)N1CCc2sccc2C1c1ccc(Cl)cc1Cl)CC1CC1. The van der Waals surface area contributed by atoms with Crippen LogP contribution in [0.5, 0.6) is 0 Å². The number of carbonyl (C=O) groups excluding carboxylic acids is 2. The average Bonchev–Trinajstić information content (AvgIpc) is 3.33. The standard InChI is InChI=1S/C21H22Cl2N2O2S/c1-13(26)24(11-14-2-3-14)12-20(27)25-8-6-19-17(7-9-28-19)21(25)16-5-4-15(22)10-18(16)23/h4-5,7,9-10,14,21H,2-3,6,8,11-12H2,1H3. The normalized spacial score (nSPS) is 18.7. The second-order valence-corrected chi connectivity index (χ2v) is 9.39. The molecule has 4 rings (SSSR count). The molecule has 1 aliphatic heterocycles. The van der Waals surface area contributed by atoms with Gasteiger partial charge in [0.15, 0.2) is 0 Å². The van der Waals surface area contributed by atoms with Crippen LogP contribution in [0.15, 0.2) is 29.6 Å². The van der Waals surface area contributed by atoms with Crippen LogP contribution < -0.4 is 0 Å². The van der Waals surface area contributed by atoms with E-state index in [0.29, 0.717) is 29.1 Å². The van der Waals surface area contributed by atoms with Crippen molar-refractivity contribution >= 4 is 46.4 Å². The maximum Gasteiger partial charge on any atom is 0.242 e. The molecule has 7 heteroatoms. The zero-order chi connectivity index (χ0) is 19.8. The van der Waals surface area contributed by atoms with Gasteiger partial charge in [0.05, 0.1) is 12.6 Å². The Hall–Kier alpha value is -1.56. The van der Waals surface area contributed by atoms with Gasteiger partial charge in [0.25, 0.3) is 0 Å². The Morgan fingerprint density at radius 3 is 2.68 bits per heavy atom. The van der Waals surface area contributed by atoms with Gasteiger partial charge in [0, 0.05) is 34.9 Å². The summed E-state index contributed by atoms with van der Waals surface area (Å²) >= 11 is 14.3. The van der Waals surface area contributed by atoms with Crippen LogP contribution in [-0.2, 0) is 16.0 Å². The third-order valence-corrected chi connectivity index (χ3v) is 7.05. The van der Waals surface area contributed by atoms with Crippen LogP contribution in [0.1, 0.15) is 41.8 Å². The highest BCUT2D eigenvalue weighted by Crippen LogP contribution is 2.41. The number of rotatable bonds is 5. The number of nitrogens with zero attached hydrogens (tertiary/aromatic N) is 2. The molecule has 1 fully saturated rings. The molecule has 1 aromatic carbocycles. The molecule has 148 valence electrons. The number of hydrogen-bond acceptors (Lipinski definition) is 3. The summed E-state index contributed by atoms with van der Waals surface area (Å²) in [5.74, 6) is 0.460. The zero-order valence-corrected chi connectivity index (χ0v) is 18.0. The zero-order valence-electron chi connectivity index (χ0n) is 15.7. The van der Waals surface area contributed by atoms with Gasteiger partial charge in [0.1, 0.15) is 0 Å². The molecule has 4 nitrogen and oxygen atoms in total. The number of fused-ring (bicyclic) bond motifs is 1. The van der Waals surface area contributed by atoms with Gasteiger partial charge in [-0.15, -0.1) is 11.3 Å². The van der Waals surface area contributed by atoms with Crippen molar-refractivity contribution in [2.75, 3.05) is 19.6 Å². The van der Waals surface area contributed by atoms with E-state index in [1.165, 1.54) is 11.8 Å². The molecule has 1 aliphatic carbocycles. The first kappa shape index (κ1) is 19.7. The Kier molecular flexibility index (Phi) is 5.68.